The molecule has 2 atom stereocenters. The molecule has 1 rings (SSSR count). The van der Waals surface area contributed by atoms with Gasteiger partial charge in [0, 0.05) is 7.11 Å². The van der Waals surface area contributed by atoms with E-state index in [4.69, 9.17) is 10.5 Å². The molecule has 0 fully saturated rings. The van der Waals surface area contributed by atoms with Crippen LogP contribution in [0.3, 0.4) is 0 Å². The third-order valence-corrected chi connectivity index (χ3v) is 2.63. The van der Waals surface area contributed by atoms with Gasteiger partial charge in [-0.1, -0.05) is 12.1 Å². The molecule has 2 unspecified atom stereocenters. The van der Waals surface area contributed by atoms with Crippen LogP contribution in [0.5, 0.6) is 5.75 Å². The van der Waals surface area contributed by atoms with Crippen LogP contribution in [-0.2, 0) is 9.53 Å². The standard InChI is InChI=1S/C13H17F3N2O3.ClH/c1-8(18-12(19)11(17)7-20-2)9-4-3-5-10(6-9)21-13(14,15)16;/h3-6,8,11H,7,17H2,1-2H3,(H,18,19);1H. The van der Waals surface area contributed by atoms with Crippen molar-refractivity contribution in [2.45, 2.75) is 25.4 Å². The maximum Gasteiger partial charge on any atom is 0.573 e. The van der Waals surface area contributed by atoms with Crippen LogP contribution in [0.2, 0.25) is 0 Å². The first-order valence-electron chi connectivity index (χ1n) is 6.13. The molecule has 1 aromatic rings. The number of rotatable bonds is 6. The number of amides is 1. The molecule has 0 aliphatic heterocycles. The Morgan fingerprint density at radius 1 is 1.41 bits per heavy atom. The lowest BCUT2D eigenvalue weighted by molar-refractivity contribution is -0.274. The van der Waals surface area contributed by atoms with Crippen LogP contribution >= 0.6 is 12.4 Å². The second kappa shape index (κ2) is 8.82. The van der Waals surface area contributed by atoms with E-state index >= 15 is 0 Å². The lowest BCUT2D eigenvalue weighted by Crippen LogP contribution is -2.44. The summed E-state index contributed by atoms with van der Waals surface area (Å²) in [6, 6.07) is 4.02. The van der Waals surface area contributed by atoms with Gasteiger partial charge in [-0.2, -0.15) is 0 Å². The summed E-state index contributed by atoms with van der Waals surface area (Å²) in [5, 5.41) is 2.59. The van der Waals surface area contributed by atoms with E-state index < -0.39 is 24.4 Å². The Morgan fingerprint density at radius 3 is 2.59 bits per heavy atom. The van der Waals surface area contributed by atoms with Crippen LogP contribution < -0.4 is 15.8 Å². The normalized spacial score (nSPS) is 13.7. The largest absolute Gasteiger partial charge is 0.573 e. The SMILES string of the molecule is COCC(N)C(=O)NC(C)c1cccc(OC(F)(F)F)c1.Cl. The molecule has 0 radical (unpaired) electrons. The molecule has 126 valence electrons. The highest BCUT2D eigenvalue weighted by atomic mass is 35.5. The fourth-order valence-electron chi connectivity index (χ4n) is 1.64. The smallest absolute Gasteiger partial charge is 0.406 e. The molecule has 3 N–H and O–H groups in total. The minimum absolute atomic E-state index is 0. The van der Waals surface area contributed by atoms with Crippen molar-refractivity contribution in [1.82, 2.24) is 5.32 Å². The molecule has 0 saturated carbocycles. The maximum atomic E-state index is 12.2. The number of hydrogen-bond acceptors (Lipinski definition) is 4. The van der Waals surface area contributed by atoms with Gasteiger partial charge in [0.15, 0.2) is 0 Å². The molecule has 1 aromatic carbocycles. The molecule has 9 heteroatoms. The molecular weight excluding hydrogens is 325 g/mol. The van der Waals surface area contributed by atoms with Crippen molar-refractivity contribution in [3.63, 3.8) is 0 Å². The minimum Gasteiger partial charge on any atom is -0.406 e. The van der Waals surface area contributed by atoms with Crippen LogP contribution in [0.15, 0.2) is 24.3 Å². The van der Waals surface area contributed by atoms with Crippen LogP contribution in [-0.4, -0.2) is 32.0 Å². The predicted molar refractivity (Wildman–Crippen MR) is 76.8 cm³/mol. The summed E-state index contributed by atoms with van der Waals surface area (Å²) in [4.78, 5) is 11.7. The summed E-state index contributed by atoms with van der Waals surface area (Å²) in [6.45, 7) is 1.68. The first-order chi connectivity index (χ1) is 9.73. The molecule has 0 aromatic heterocycles. The Labute approximate surface area is 132 Å². The summed E-state index contributed by atoms with van der Waals surface area (Å²) < 4.78 is 45.0. The molecule has 22 heavy (non-hydrogen) atoms. The van der Waals surface area contributed by atoms with Crippen molar-refractivity contribution < 1.29 is 27.4 Å². The average Bonchev–Trinajstić information content (AvgIpc) is 2.37. The third kappa shape index (κ3) is 6.97. The number of hydrogen-bond donors (Lipinski definition) is 2. The highest BCUT2D eigenvalue weighted by Gasteiger charge is 2.31. The second-order valence-corrected chi connectivity index (χ2v) is 4.41. The van der Waals surface area contributed by atoms with Gasteiger partial charge in [0.25, 0.3) is 0 Å². The van der Waals surface area contributed by atoms with Crippen molar-refractivity contribution in [2.24, 2.45) is 5.73 Å². The number of methoxy groups -OCH3 is 1. The molecule has 0 bridgehead atoms. The maximum absolute atomic E-state index is 12.2. The Hall–Kier alpha value is -1.51. The highest BCUT2D eigenvalue weighted by molar-refractivity contribution is 5.85. The van der Waals surface area contributed by atoms with E-state index in [-0.39, 0.29) is 24.8 Å². The highest BCUT2D eigenvalue weighted by Crippen LogP contribution is 2.25. The zero-order chi connectivity index (χ0) is 16.0. The van der Waals surface area contributed by atoms with E-state index in [1.165, 1.54) is 25.3 Å². The zero-order valence-corrected chi connectivity index (χ0v) is 12.8. The predicted octanol–water partition coefficient (Wildman–Crippen LogP) is 2.16. The summed E-state index contributed by atoms with van der Waals surface area (Å²) in [5.74, 6) is -0.797. The van der Waals surface area contributed by atoms with E-state index in [0.717, 1.165) is 0 Å². The zero-order valence-electron chi connectivity index (χ0n) is 12.0. The molecule has 0 saturated heterocycles. The molecule has 0 spiro atoms. The lowest BCUT2D eigenvalue weighted by Gasteiger charge is -2.18. The number of benzene rings is 1. The number of carbonyl (C=O) groups excluding carboxylic acids is 1. The fourth-order valence-corrected chi connectivity index (χ4v) is 1.64. The molecule has 0 aliphatic carbocycles. The summed E-state index contributed by atoms with van der Waals surface area (Å²) >= 11 is 0. The molecular formula is C13H18ClF3N2O3. The van der Waals surface area contributed by atoms with Gasteiger partial charge in [0.05, 0.1) is 12.6 Å². The number of nitrogens with one attached hydrogen (secondary N) is 1. The van der Waals surface area contributed by atoms with Gasteiger partial charge in [-0.25, -0.2) is 0 Å². The van der Waals surface area contributed by atoms with E-state index in [2.05, 4.69) is 10.1 Å². The van der Waals surface area contributed by atoms with Gasteiger partial charge >= 0.3 is 6.36 Å². The number of nitrogens with two attached hydrogens (primary N) is 1. The molecule has 1 amide bonds. The van der Waals surface area contributed by atoms with E-state index in [0.29, 0.717) is 5.56 Å². The van der Waals surface area contributed by atoms with Crippen molar-refractivity contribution in [3.8, 4) is 5.75 Å². The van der Waals surface area contributed by atoms with E-state index in [1.54, 1.807) is 13.0 Å². The third-order valence-electron chi connectivity index (χ3n) is 2.63. The van der Waals surface area contributed by atoms with E-state index in [1.807, 2.05) is 0 Å². The molecule has 5 nitrogen and oxygen atoms in total. The Kier molecular flexibility index (Phi) is 8.21. The monoisotopic (exact) mass is 342 g/mol. The van der Waals surface area contributed by atoms with Gasteiger partial charge in [-0.3, -0.25) is 4.79 Å². The van der Waals surface area contributed by atoms with Gasteiger partial charge in [0.1, 0.15) is 11.8 Å². The Balaban J connectivity index is 0.00000441. The van der Waals surface area contributed by atoms with Gasteiger partial charge in [-0.05, 0) is 24.6 Å². The first kappa shape index (κ1) is 20.5. The number of carbonyl (C=O) groups is 1. The Morgan fingerprint density at radius 2 is 2.05 bits per heavy atom. The minimum atomic E-state index is -4.76. The first-order valence-corrected chi connectivity index (χ1v) is 6.13. The fraction of sp³-hybridized carbons (Fsp3) is 0.462. The lowest BCUT2D eigenvalue weighted by atomic mass is 10.1. The van der Waals surface area contributed by atoms with Crippen molar-refractivity contribution >= 4 is 18.3 Å². The quantitative estimate of drug-likeness (QED) is 0.831. The molecule has 0 aliphatic rings. The summed E-state index contributed by atoms with van der Waals surface area (Å²) in [6.07, 6.45) is -4.76. The van der Waals surface area contributed by atoms with Crippen molar-refractivity contribution in [2.75, 3.05) is 13.7 Å². The molecule has 0 heterocycles. The second-order valence-electron chi connectivity index (χ2n) is 4.41. The van der Waals surface area contributed by atoms with Gasteiger partial charge in [0.2, 0.25) is 5.91 Å². The number of ether oxygens (including phenoxy) is 2. The van der Waals surface area contributed by atoms with Gasteiger partial charge in [-0.15, -0.1) is 25.6 Å². The summed E-state index contributed by atoms with van der Waals surface area (Å²) in [7, 11) is 1.41. The topological polar surface area (TPSA) is 73.6 Å². The Bertz CT molecular complexity index is 486. The van der Waals surface area contributed by atoms with Crippen molar-refractivity contribution in [1.29, 1.82) is 0 Å². The van der Waals surface area contributed by atoms with Crippen LogP contribution in [0.25, 0.3) is 0 Å². The number of alkyl halides is 3. The van der Waals surface area contributed by atoms with Crippen molar-refractivity contribution in [3.05, 3.63) is 29.8 Å². The number of halogens is 4. The van der Waals surface area contributed by atoms with E-state index in [9.17, 15) is 18.0 Å². The van der Waals surface area contributed by atoms with Gasteiger partial charge < -0.3 is 20.5 Å². The van der Waals surface area contributed by atoms with Crippen LogP contribution in [0.1, 0.15) is 18.5 Å². The summed E-state index contributed by atoms with van der Waals surface area (Å²) in [5.41, 5.74) is 6.02. The van der Waals surface area contributed by atoms with Crippen LogP contribution in [0.4, 0.5) is 13.2 Å². The average molecular weight is 343 g/mol. The van der Waals surface area contributed by atoms with Crippen LogP contribution in [0, 0.1) is 0 Å².